The molecule has 0 unspecified atom stereocenters. The van der Waals surface area contributed by atoms with E-state index in [1.165, 1.54) is 56.8 Å². The van der Waals surface area contributed by atoms with Gasteiger partial charge in [0.25, 0.3) is 0 Å². The fourth-order valence-corrected chi connectivity index (χ4v) is 4.78. The summed E-state index contributed by atoms with van der Waals surface area (Å²) in [5.74, 6) is -0.571. The van der Waals surface area contributed by atoms with Crippen LogP contribution in [-0.2, 0) is 10.0 Å². The van der Waals surface area contributed by atoms with Crippen molar-refractivity contribution in [2.45, 2.75) is 10.8 Å². The zero-order valence-electron chi connectivity index (χ0n) is 17.9. The lowest BCUT2D eigenvalue weighted by atomic mass is 9.99. The molecule has 2 aromatic carbocycles. The number of aromatic nitrogens is 1. The van der Waals surface area contributed by atoms with E-state index in [-0.39, 0.29) is 10.5 Å². The van der Waals surface area contributed by atoms with Crippen LogP contribution in [0.1, 0.15) is 21.3 Å². The van der Waals surface area contributed by atoms with E-state index in [9.17, 15) is 18.5 Å². The smallest absolute Gasteiger partial charge is 0.242 e. The molecule has 3 aromatic rings. The maximum absolute atomic E-state index is 13.1. The lowest BCUT2D eigenvalue weighted by molar-refractivity contribution is 0.0978. The number of carbonyl (C=O) groups excluding carboxylic acids is 1. The monoisotopic (exact) mass is 471 g/mol. The minimum Gasteiger partial charge on any atom is -0.493 e. The third-order valence-corrected chi connectivity index (χ3v) is 7.46. The zero-order valence-corrected chi connectivity index (χ0v) is 19.5. The summed E-state index contributed by atoms with van der Waals surface area (Å²) in [6.07, 6.45) is 0. The Balaban J connectivity index is 1.93. The molecular weight excluding hydrogens is 450 g/mol. The molecule has 1 atom stereocenters. The number of hydrogen-bond donors (Lipinski definition) is 0. The van der Waals surface area contributed by atoms with Gasteiger partial charge in [0.2, 0.25) is 10.0 Å². The Kier molecular flexibility index (Phi) is 6.93. The van der Waals surface area contributed by atoms with Crippen LogP contribution in [0.25, 0.3) is 11.3 Å². The van der Waals surface area contributed by atoms with Crippen molar-refractivity contribution in [2.75, 3.05) is 28.3 Å². The highest BCUT2D eigenvalue weighted by Gasteiger charge is 2.27. The molecule has 0 saturated carbocycles. The second kappa shape index (κ2) is 9.48. The fraction of sp³-hybridized carbons (Fsp3) is 0.227. The van der Waals surface area contributed by atoms with Gasteiger partial charge in [0.1, 0.15) is 5.01 Å². The summed E-state index contributed by atoms with van der Waals surface area (Å²) in [4.78, 5) is 17.5. The van der Waals surface area contributed by atoms with Gasteiger partial charge >= 0.3 is 0 Å². The number of sulfonamides is 1. The number of thiazole rings is 1. The summed E-state index contributed by atoms with van der Waals surface area (Å²) in [6, 6.07) is 13.0. The Morgan fingerprint density at radius 1 is 1.12 bits per heavy atom. The highest BCUT2D eigenvalue weighted by Crippen LogP contribution is 2.34. The Labute approximate surface area is 190 Å². The number of nitrogens with zero attached hydrogens (tertiary/aromatic N) is 3. The molecule has 0 saturated heterocycles. The first kappa shape index (κ1) is 23.4. The number of Topliss-reactive ketones (excluding diaryl/α,β-unsaturated/α-hetero) is 1. The van der Waals surface area contributed by atoms with Crippen LogP contribution in [0, 0.1) is 11.3 Å². The summed E-state index contributed by atoms with van der Waals surface area (Å²) in [5.41, 5.74) is 1.46. The fourth-order valence-electron chi connectivity index (χ4n) is 2.96. The first-order valence-electron chi connectivity index (χ1n) is 9.37. The van der Waals surface area contributed by atoms with Crippen molar-refractivity contribution in [3.05, 3.63) is 58.4 Å². The van der Waals surface area contributed by atoms with Crippen molar-refractivity contribution in [1.29, 1.82) is 5.26 Å². The number of benzene rings is 2. The van der Waals surface area contributed by atoms with Crippen LogP contribution in [0.3, 0.4) is 0 Å². The Morgan fingerprint density at radius 3 is 2.47 bits per heavy atom. The highest BCUT2D eigenvalue weighted by molar-refractivity contribution is 7.89. The van der Waals surface area contributed by atoms with Crippen molar-refractivity contribution in [2.24, 2.45) is 0 Å². The lowest BCUT2D eigenvalue weighted by Gasteiger charge is -2.12. The molecule has 0 aliphatic heterocycles. The number of nitriles is 1. The van der Waals surface area contributed by atoms with Gasteiger partial charge in [-0.2, -0.15) is 5.26 Å². The van der Waals surface area contributed by atoms with Gasteiger partial charge in [-0.05, 0) is 30.3 Å². The van der Waals surface area contributed by atoms with E-state index in [2.05, 4.69) is 4.98 Å². The Hall–Kier alpha value is -3.26. The van der Waals surface area contributed by atoms with Gasteiger partial charge in [0.15, 0.2) is 23.2 Å². The van der Waals surface area contributed by atoms with Crippen molar-refractivity contribution < 1.29 is 22.7 Å². The summed E-state index contributed by atoms with van der Waals surface area (Å²) in [5, 5.41) is 11.8. The second-order valence-electron chi connectivity index (χ2n) is 6.88. The first-order valence-corrected chi connectivity index (χ1v) is 11.7. The topological polar surface area (TPSA) is 110 Å². The van der Waals surface area contributed by atoms with Crippen molar-refractivity contribution in [1.82, 2.24) is 9.29 Å². The van der Waals surface area contributed by atoms with Gasteiger partial charge in [-0.3, -0.25) is 4.79 Å². The van der Waals surface area contributed by atoms with E-state index in [1.54, 1.807) is 30.7 Å². The molecule has 1 heterocycles. The van der Waals surface area contributed by atoms with Gasteiger partial charge in [0.05, 0.1) is 30.9 Å². The molecule has 0 aliphatic carbocycles. The number of ketones is 1. The number of hydrogen-bond acceptors (Lipinski definition) is 8. The predicted molar refractivity (Wildman–Crippen MR) is 121 cm³/mol. The van der Waals surface area contributed by atoms with Gasteiger partial charge in [0, 0.05) is 30.6 Å². The van der Waals surface area contributed by atoms with Crippen molar-refractivity contribution in [3.8, 4) is 28.8 Å². The quantitative estimate of drug-likeness (QED) is 0.462. The van der Waals surface area contributed by atoms with E-state index in [0.29, 0.717) is 22.2 Å². The molecule has 166 valence electrons. The molecule has 0 amide bonds. The van der Waals surface area contributed by atoms with Gasteiger partial charge in [-0.15, -0.1) is 11.3 Å². The molecule has 8 nitrogen and oxygen atoms in total. The predicted octanol–water partition coefficient (Wildman–Crippen LogP) is 3.57. The van der Waals surface area contributed by atoms with Crippen LogP contribution in [0.5, 0.6) is 11.5 Å². The largest absolute Gasteiger partial charge is 0.493 e. The molecule has 0 spiro atoms. The van der Waals surface area contributed by atoms with E-state index >= 15 is 0 Å². The van der Waals surface area contributed by atoms with Gasteiger partial charge in [-0.1, -0.05) is 12.1 Å². The SMILES string of the molecule is COc1ccc(-c2csc([C@H](C#N)C(=O)c3cccc(S(=O)(=O)N(C)C)c3)n2)cc1OC. The average Bonchev–Trinajstić information content (AvgIpc) is 3.28. The Morgan fingerprint density at radius 2 is 1.84 bits per heavy atom. The highest BCUT2D eigenvalue weighted by atomic mass is 32.2. The van der Waals surface area contributed by atoms with E-state index in [1.807, 2.05) is 6.07 Å². The molecule has 0 fully saturated rings. The van der Waals surface area contributed by atoms with Gasteiger partial charge < -0.3 is 9.47 Å². The zero-order chi connectivity index (χ0) is 23.5. The Bertz CT molecular complexity index is 1290. The summed E-state index contributed by atoms with van der Waals surface area (Å²) in [7, 11) is 2.18. The first-order chi connectivity index (χ1) is 15.2. The van der Waals surface area contributed by atoms with Crippen LogP contribution in [-0.4, -0.2) is 51.8 Å². The molecule has 0 aliphatic rings. The molecule has 3 rings (SSSR count). The van der Waals surface area contributed by atoms with E-state index < -0.39 is 21.7 Å². The molecule has 0 radical (unpaired) electrons. The number of methoxy groups -OCH3 is 2. The summed E-state index contributed by atoms with van der Waals surface area (Å²) >= 11 is 1.19. The second-order valence-corrected chi connectivity index (χ2v) is 9.92. The minimum absolute atomic E-state index is 0.0183. The molecule has 1 aromatic heterocycles. The van der Waals surface area contributed by atoms with Crippen molar-refractivity contribution >= 4 is 27.1 Å². The molecule has 32 heavy (non-hydrogen) atoms. The van der Waals surface area contributed by atoms with Crippen LogP contribution >= 0.6 is 11.3 Å². The van der Waals surface area contributed by atoms with Crippen molar-refractivity contribution in [3.63, 3.8) is 0 Å². The lowest BCUT2D eigenvalue weighted by Crippen LogP contribution is -2.22. The minimum atomic E-state index is -3.71. The summed E-state index contributed by atoms with van der Waals surface area (Å²) in [6.45, 7) is 0. The molecule has 10 heteroatoms. The maximum Gasteiger partial charge on any atom is 0.242 e. The summed E-state index contributed by atoms with van der Waals surface area (Å²) < 4.78 is 36.4. The molecular formula is C22H21N3O5S2. The van der Waals surface area contributed by atoms with E-state index in [4.69, 9.17) is 9.47 Å². The third kappa shape index (κ3) is 4.50. The van der Waals surface area contributed by atoms with Gasteiger partial charge in [-0.25, -0.2) is 17.7 Å². The maximum atomic E-state index is 13.1. The number of carbonyl (C=O) groups is 1. The average molecular weight is 472 g/mol. The molecule has 0 bridgehead atoms. The number of ether oxygens (including phenoxy) is 2. The van der Waals surface area contributed by atoms with Crippen LogP contribution in [0.15, 0.2) is 52.7 Å². The molecule has 0 N–H and O–H groups in total. The standard InChI is InChI=1S/C22H21N3O5S2/c1-25(2)32(27,28)16-7-5-6-15(10-16)21(26)17(12-23)22-24-18(13-31-22)14-8-9-19(29-3)20(11-14)30-4/h5-11,13,17H,1-4H3/t17-/m1/s1. The number of rotatable bonds is 8. The van der Waals surface area contributed by atoms with Crippen LogP contribution < -0.4 is 9.47 Å². The van der Waals surface area contributed by atoms with Crippen LogP contribution in [0.4, 0.5) is 0 Å². The normalized spacial score (nSPS) is 12.2. The van der Waals surface area contributed by atoms with Crippen LogP contribution in [0.2, 0.25) is 0 Å². The van der Waals surface area contributed by atoms with E-state index in [0.717, 1.165) is 9.87 Å². The third-order valence-electron chi connectivity index (χ3n) is 4.74.